The van der Waals surface area contributed by atoms with Gasteiger partial charge in [-0.25, -0.2) is 0 Å². The van der Waals surface area contributed by atoms with Crippen molar-refractivity contribution in [1.82, 2.24) is 0 Å². The lowest BCUT2D eigenvalue weighted by Crippen LogP contribution is -2.20. The number of hydrogen-bond donors (Lipinski definition) is 1. The summed E-state index contributed by atoms with van der Waals surface area (Å²) in [6.07, 6.45) is 0. The van der Waals surface area contributed by atoms with Gasteiger partial charge in [0.25, 0.3) is 0 Å². The Kier molecular flexibility index (Phi) is 3.88. The SMILES string of the molecule is CN(C)c1ccccc1NC1CSCc2ccccc21. The highest BCUT2D eigenvalue weighted by atomic mass is 32.2. The number of nitrogens with one attached hydrogen (secondary N) is 1. The summed E-state index contributed by atoms with van der Waals surface area (Å²) in [4.78, 5) is 2.16. The molecule has 104 valence electrons. The molecule has 0 amide bonds. The molecule has 1 heterocycles. The Morgan fingerprint density at radius 2 is 1.80 bits per heavy atom. The van der Waals surface area contributed by atoms with Crippen LogP contribution in [0, 0.1) is 0 Å². The average molecular weight is 284 g/mol. The molecule has 0 saturated carbocycles. The number of rotatable bonds is 3. The van der Waals surface area contributed by atoms with E-state index in [1.807, 2.05) is 11.8 Å². The maximum atomic E-state index is 3.72. The standard InChI is InChI=1S/C17H20N2S/c1-19(2)17-10-6-5-9-15(17)18-16-12-20-11-13-7-3-4-8-14(13)16/h3-10,16,18H,11-12H2,1-2H3. The summed E-state index contributed by atoms with van der Waals surface area (Å²) in [5.74, 6) is 2.25. The third kappa shape index (κ3) is 2.63. The minimum atomic E-state index is 0.394. The second kappa shape index (κ2) is 5.80. The van der Waals surface area contributed by atoms with Gasteiger partial charge >= 0.3 is 0 Å². The first-order chi connectivity index (χ1) is 9.75. The monoisotopic (exact) mass is 284 g/mol. The number of benzene rings is 2. The van der Waals surface area contributed by atoms with E-state index in [1.54, 1.807) is 0 Å². The van der Waals surface area contributed by atoms with Crippen LogP contribution in [0.2, 0.25) is 0 Å². The first kappa shape index (κ1) is 13.4. The highest BCUT2D eigenvalue weighted by Crippen LogP contribution is 2.35. The molecule has 1 atom stereocenters. The Hall–Kier alpha value is -1.61. The molecule has 1 unspecified atom stereocenters. The van der Waals surface area contributed by atoms with Gasteiger partial charge in [-0.1, -0.05) is 36.4 Å². The van der Waals surface area contributed by atoms with Crippen LogP contribution < -0.4 is 10.2 Å². The Balaban J connectivity index is 1.90. The maximum absolute atomic E-state index is 3.72. The minimum absolute atomic E-state index is 0.394. The molecule has 2 aromatic rings. The van der Waals surface area contributed by atoms with Crippen LogP contribution in [0.25, 0.3) is 0 Å². The van der Waals surface area contributed by atoms with Crippen molar-refractivity contribution >= 4 is 23.1 Å². The summed E-state index contributed by atoms with van der Waals surface area (Å²) in [5, 5.41) is 3.72. The molecule has 3 heteroatoms. The fraction of sp³-hybridized carbons (Fsp3) is 0.294. The first-order valence-electron chi connectivity index (χ1n) is 6.94. The van der Waals surface area contributed by atoms with E-state index in [1.165, 1.54) is 22.5 Å². The van der Waals surface area contributed by atoms with Gasteiger partial charge in [0.05, 0.1) is 17.4 Å². The van der Waals surface area contributed by atoms with Gasteiger partial charge in [-0.2, -0.15) is 11.8 Å². The molecule has 2 aromatic carbocycles. The second-order valence-corrected chi connectivity index (χ2v) is 6.35. The van der Waals surface area contributed by atoms with E-state index in [-0.39, 0.29) is 0 Å². The number of nitrogens with zero attached hydrogens (tertiary/aromatic N) is 1. The van der Waals surface area contributed by atoms with E-state index in [9.17, 15) is 0 Å². The van der Waals surface area contributed by atoms with Crippen LogP contribution in [-0.2, 0) is 5.75 Å². The van der Waals surface area contributed by atoms with E-state index < -0.39 is 0 Å². The van der Waals surface area contributed by atoms with Crippen molar-refractivity contribution in [2.75, 3.05) is 30.1 Å². The van der Waals surface area contributed by atoms with Crippen LogP contribution in [0.15, 0.2) is 48.5 Å². The lowest BCUT2D eigenvalue weighted by Gasteiger charge is -2.28. The Morgan fingerprint density at radius 3 is 2.65 bits per heavy atom. The molecule has 3 rings (SSSR count). The van der Waals surface area contributed by atoms with Crippen LogP contribution in [0.1, 0.15) is 17.2 Å². The molecule has 1 aliphatic rings. The summed E-state index contributed by atoms with van der Waals surface area (Å²) in [7, 11) is 4.17. The lowest BCUT2D eigenvalue weighted by atomic mass is 10.0. The number of fused-ring (bicyclic) bond motifs is 1. The van der Waals surface area contributed by atoms with Crippen molar-refractivity contribution in [3.05, 3.63) is 59.7 Å². The van der Waals surface area contributed by atoms with E-state index in [0.717, 1.165) is 11.5 Å². The number of para-hydroxylation sites is 2. The quantitative estimate of drug-likeness (QED) is 0.911. The Bertz CT molecular complexity index is 595. The third-order valence-electron chi connectivity index (χ3n) is 3.69. The zero-order valence-electron chi connectivity index (χ0n) is 12.0. The number of hydrogen-bond acceptors (Lipinski definition) is 3. The van der Waals surface area contributed by atoms with Gasteiger partial charge in [0.2, 0.25) is 0 Å². The predicted molar refractivity (Wildman–Crippen MR) is 89.7 cm³/mol. The van der Waals surface area contributed by atoms with E-state index >= 15 is 0 Å². The van der Waals surface area contributed by atoms with Crippen LogP contribution in [-0.4, -0.2) is 19.8 Å². The largest absolute Gasteiger partial charge is 0.376 e. The van der Waals surface area contributed by atoms with Gasteiger partial charge in [0.1, 0.15) is 0 Å². The highest BCUT2D eigenvalue weighted by molar-refractivity contribution is 7.98. The highest BCUT2D eigenvalue weighted by Gasteiger charge is 2.20. The van der Waals surface area contributed by atoms with Gasteiger partial charge in [-0.05, 0) is 23.3 Å². The van der Waals surface area contributed by atoms with Crippen molar-refractivity contribution in [2.45, 2.75) is 11.8 Å². The van der Waals surface area contributed by atoms with Crippen molar-refractivity contribution in [2.24, 2.45) is 0 Å². The van der Waals surface area contributed by atoms with E-state index in [2.05, 4.69) is 72.8 Å². The van der Waals surface area contributed by atoms with Gasteiger partial charge < -0.3 is 10.2 Å². The molecule has 1 aliphatic heterocycles. The summed E-state index contributed by atoms with van der Waals surface area (Å²) < 4.78 is 0. The fourth-order valence-corrected chi connectivity index (χ4v) is 3.77. The van der Waals surface area contributed by atoms with Crippen molar-refractivity contribution in [3.8, 4) is 0 Å². The van der Waals surface area contributed by atoms with Crippen LogP contribution in [0.5, 0.6) is 0 Å². The van der Waals surface area contributed by atoms with Gasteiger partial charge in [0.15, 0.2) is 0 Å². The molecule has 0 spiro atoms. The van der Waals surface area contributed by atoms with Crippen LogP contribution in [0.4, 0.5) is 11.4 Å². The first-order valence-corrected chi connectivity index (χ1v) is 8.09. The van der Waals surface area contributed by atoms with E-state index in [0.29, 0.717) is 6.04 Å². The molecule has 0 bridgehead atoms. The van der Waals surface area contributed by atoms with Crippen molar-refractivity contribution < 1.29 is 0 Å². The molecule has 0 saturated heterocycles. The van der Waals surface area contributed by atoms with Crippen molar-refractivity contribution in [1.29, 1.82) is 0 Å². The van der Waals surface area contributed by atoms with Crippen molar-refractivity contribution in [3.63, 3.8) is 0 Å². The molecule has 0 aliphatic carbocycles. The topological polar surface area (TPSA) is 15.3 Å². The molecule has 2 nitrogen and oxygen atoms in total. The smallest absolute Gasteiger partial charge is 0.0608 e. The molecule has 20 heavy (non-hydrogen) atoms. The third-order valence-corrected chi connectivity index (χ3v) is 4.77. The van der Waals surface area contributed by atoms with E-state index in [4.69, 9.17) is 0 Å². The normalized spacial score (nSPS) is 17.4. The zero-order valence-corrected chi connectivity index (χ0v) is 12.8. The predicted octanol–water partition coefficient (Wildman–Crippen LogP) is 4.15. The average Bonchev–Trinajstić information content (AvgIpc) is 2.48. The second-order valence-electron chi connectivity index (χ2n) is 5.32. The van der Waals surface area contributed by atoms with Gasteiger partial charge in [0, 0.05) is 25.6 Å². The number of thioether (sulfide) groups is 1. The van der Waals surface area contributed by atoms with Crippen LogP contribution in [0.3, 0.4) is 0 Å². The molecular weight excluding hydrogens is 264 g/mol. The fourth-order valence-electron chi connectivity index (χ4n) is 2.67. The zero-order chi connectivity index (χ0) is 13.9. The summed E-state index contributed by atoms with van der Waals surface area (Å²) in [6.45, 7) is 0. The summed E-state index contributed by atoms with van der Waals surface area (Å²) >= 11 is 2.00. The summed E-state index contributed by atoms with van der Waals surface area (Å²) in [5.41, 5.74) is 5.35. The minimum Gasteiger partial charge on any atom is -0.376 e. The van der Waals surface area contributed by atoms with Crippen LogP contribution >= 0.6 is 11.8 Å². The molecule has 0 aromatic heterocycles. The number of anilines is 2. The molecule has 1 N–H and O–H groups in total. The Morgan fingerprint density at radius 1 is 1.05 bits per heavy atom. The summed E-state index contributed by atoms with van der Waals surface area (Å²) in [6, 6.07) is 17.7. The molecule has 0 fully saturated rings. The molecular formula is C17H20N2S. The van der Waals surface area contributed by atoms with Gasteiger partial charge in [-0.15, -0.1) is 0 Å². The molecule has 0 radical (unpaired) electrons. The Labute approximate surface area is 125 Å². The maximum Gasteiger partial charge on any atom is 0.0608 e. The van der Waals surface area contributed by atoms with Gasteiger partial charge in [-0.3, -0.25) is 0 Å². The lowest BCUT2D eigenvalue weighted by molar-refractivity contribution is 0.869.